The van der Waals surface area contributed by atoms with E-state index in [-0.39, 0.29) is 0 Å². The number of aromatic nitrogens is 5. The lowest BCUT2D eigenvalue weighted by atomic mass is 10.0. The first-order valence-corrected chi connectivity index (χ1v) is 10.2. The third-order valence-electron chi connectivity index (χ3n) is 6.21. The van der Waals surface area contributed by atoms with Crippen LogP contribution in [0.1, 0.15) is 5.69 Å². The zero-order chi connectivity index (χ0) is 20.2. The summed E-state index contributed by atoms with van der Waals surface area (Å²) in [6.45, 7) is 5.83. The van der Waals surface area contributed by atoms with Crippen LogP contribution in [0.2, 0.25) is 0 Å². The number of nitrogens with zero attached hydrogens (tertiary/aromatic N) is 5. The summed E-state index contributed by atoms with van der Waals surface area (Å²) < 4.78 is 6.16. The van der Waals surface area contributed by atoms with Gasteiger partial charge in [0.2, 0.25) is 0 Å². The zero-order valence-electron chi connectivity index (χ0n) is 17.0. The summed E-state index contributed by atoms with van der Waals surface area (Å²) in [4.78, 5) is 9.42. The fraction of sp³-hybridized carbons (Fsp3) is 0.318. The Morgan fingerprint density at radius 2 is 2.10 bits per heavy atom. The Bertz CT molecular complexity index is 1240. The molecule has 0 spiro atoms. The van der Waals surface area contributed by atoms with Gasteiger partial charge in [-0.15, -0.1) is 0 Å². The fourth-order valence-corrected chi connectivity index (χ4v) is 4.57. The molecule has 0 aliphatic carbocycles. The van der Waals surface area contributed by atoms with E-state index in [2.05, 4.69) is 66.5 Å². The Hall–Kier alpha value is -3.39. The second kappa shape index (κ2) is 6.56. The van der Waals surface area contributed by atoms with Gasteiger partial charge in [-0.3, -0.25) is 15.2 Å². The maximum Gasteiger partial charge on any atom is 0.143 e. The van der Waals surface area contributed by atoms with Crippen LogP contribution in [-0.2, 0) is 0 Å². The van der Waals surface area contributed by atoms with Gasteiger partial charge in [-0.25, -0.2) is 0 Å². The lowest BCUT2D eigenvalue weighted by molar-refractivity contribution is 0.188. The van der Waals surface area contributed by atoms with Crippen LogP contribution in [0.4, 0.5) is 5.69 Å². The quantitative estimate of drug-likeness (QED) is 0.537. The number of hydrogen-bond donors (Lipinski definition) is 2. The van der Waals surface area contributed by atoms with Gasteiger partial charge in [0, 0.05) is 42.3 Å². The summed E-state index contributed by atoms with van der Waals surface area (Å²) >= 11 is 0. The van der Waals surface area contributed by atoms with Crippen LogP contribution >= 0.6 is 0 Å². The van der Waals surface area contributed by atoms with E-state index in [9.17, 15) is 0 Å². The number of fused-ring (bicyclic) bond motifs is 4. The molecule has 1 aromatic carbocycles. The summed E-state index contributed by atoms with van der Waals surface area (Å²) in [6, 6.07) is 8.92. The number of aryl methyl sites for hydroxylation is 1. The van der Waals surface area contributed by atoms with Gasteiger partial charge in [0.05, 0.1) is 34.8 Å². The van der Waals surface area contributed by atoms with Crippen LogP contribution in [0.5, 0.6) is 5.75 Å². The molecular weight excluding hydrogens is 378 g/mol. The molecule has 0 radical (unpaired) electrons. The third kappa shape index (κ3) is 2.68. The summed E-state index contributed by atoms with van der Waals surface area (Å²) in [5.41, 5.74) is 6.84. The molecule has 2 aliphatic heterocycles. The molecule has 1 atom stereocenters. The molecule has 1 unspecified atom stereocenters. The van der Waals surface area contributed by atoms with E-state index < -0.39 is 0 Å². The van der Waals surface area contributed by atoms with Gasteiger partial charge in [-0.2, -0.15) is 10.2 Å². The lowest BCUT2D eigenvalue weighted by Crippen LogP contribution is -2.56. The molecular formula is C22H23N7O. The largest absolute Gasteiger partial charge is 0.489 e. The van der Waals surface area contributed by atoms with E-state index in [4.69, 9.17) is 4.74 Å². The number of hydrogen-bond acceptors (Lipinski definition) is 6. The van der Waals surface area contributed by atoms with Crippen molar-refractivity contribution < 1.29 is 4.74 Å². The number of benzene rings is 1. The van der Waals surface area contributed by atoms with E-state index >= 15 is 0 Å². The molecule has 1 saturated heterocycles. The SMILES string of the molecule is Cc1n[nH]cc1-c1cc2c(-c3ccc4c(c3)OCC3CN(C)CCN43)n[nH]c2cn1. The average Bonchev–Trinajstić information content (AvgIpc) is 3.38. The molecule has 6 rings (SSSR count). The Balaban J connectivity index is 1.40. The lowest BCUT2D eigenvalue weighted by Gasteiger charge is -2.44. The zero-order valence-corrected chi connectivity index (χ0v) is 17.0. The fourth-order valence-electron chi connectivity index (χ4n) is 4.57. The summed E-state index contributed by atoms with van der Waals surface area (Å²) in [5.74, 6) is 0.935. The van der Waals surface area contributed by atoms with Crippen LogP contribution in [0, 0.1) is 6.92 Å². The van der Waals surface area contributed by atoms with Crippen LogP contribution in [-0.4, -0.2) is 69.6 Å². The van der Waals surface area contributed by atoms with Gasteiger partial charge in [-0.05, 0) is 32.2 Å². The third-order valence-corrected chi connectivity index (χ3v) is 6.21. The minimum Gasteiger partial charge on any atom is -0.489 e. The first-order valence-electron chi connectivity index (χ1n) is 10.2. The second-order valence-corrected chi connectivity index (χ2v) is 8.17. The maximum atomic E-state index is 6.16. The van der Waals surface area contributed by atoms with Crippen molar-refractivity contribution in [1.29, 1.82) is 0 Å². The van der Waals surface area contributed by atoms with E-state index in [1.54, 1.807) is 0 Å². The molecule has 8 heteroatoms. The first kappa shape index (κ1) is 17.5. The Labute approximate surface area is 173 Å². The molecule has 30 heavy (non-hydrogen) atoms. The van der Waals surface area contributed by atoms with Gasteiger partial charge >= 0.3 is 0 Å². The normalized spacial score (nSPS) is 18.9. The highest BCUT2D eigenvalue weighted by atomic mass is 16.5. The number of rotatable bonds is 2. The van der Waals surface area contributed by atoms with Crippen LogP contribution in [0.15, 0.2) is 36.7 Å². The van der Waals surface area contributed by atoms with Crippen molar-refractivity contribution in [2.45, 2.75) is 13.0 Å². The number of anilines is 1. The van der Waals surface area contributed by atoms with Crippen LogP contribution in [0.25, 0.3) is 33.4 Å². The predicted octanol–water partition coefficient (Wildman–Crippen LogP) is 2.84. The standard InChI is InChI=1S/C22H23N7O/c1-13-17(9-24-25-13)18-8-16-19(10-23-18)26-27-22(16)14-3-4-20-21(7-14)30-12-15-11-28(2)5-6-29(15)20/h3-4,7-10,15H,5-6,11-12H2,1-2H3,(H,24,25)(H,26,27). The summed E-state index contributed by atoms with van der Waals surface area (Å²) in [6.07, 6.45) is 3.71. The van der Waals surface area contributed by atoms with Gasteiger partial charge in [0.15, 0.2) is 0 Å². The first-order chi connectivity index (χ1) is 14.7. The molecule has 0 amide bonds. The molecule has 3 aromatic heterocycles. The monoisotopic (exact) mass is 401 g/mol. The molecule has 2 aliphatic rings. The molecule has 0 bridgehead atoms. The van der Waals surface area contributed by atoms with Crippen LogP contribution < -0.4 is 9.64 Å². The van der Waals surface area contributed by atoms with Crippen molar-refractivity contribution in [3.63, 3.8) is 0 Å². The molecule has 0 saturated carbocycles. The maximum absolute atomic E-state index is 6.16. The van der Waals surface area contributed by atoms with Crippen LogP contribution in [0.3, 0.4) is 0 Å². The Morgan fingerprint density at radius 3 is 2.97 bits per heavy atom. The van der Waals surface area contributed by atoms with Crippen molar-refractivity contribution in [3.8, 4) is 28.3 Å². The highest BCUT2D eigenvalue weighted by Crippen LogP contribution is 2.39. The number of nitrogens with one attached hydrogen (secondary N) is 2. The van der Waals surface area contributed by atoms with Crippen molar-refractivity contribution in [2.24, 2.45) is 0 Å². The number of likely N-dealkylation sites (N-methyl/N-ethyl adjacent to an activating group) is 1. The molecule has 5 heterocycles. The predicted molar refractivity (Wildman–Crippen MR) is 116 cm³/mol. The van der Waals surface area contributed by atoms with E-state index in [0.29, 0.717) is 6.04 Å². The Kier molecular flexibility index (Phi) is 3.82. The number of H-pyrrole nitrogens is 2. The van der Waals surface area contributed by atoms with E-state index in [1.807, 2.05) is 19.3 Å². The number of piperazine rings is 1. The van der Waals surface area contributed by atoms with Gasteiger partial charge in [0.25, 0.3) is 0 Å². The van der Waals surface area contributed by atoms with Gasteiger partial charge in [0.1, 0.15) is 18.1 Å². The topological polar surface area (TPSA) is 86.0 Å². The number of aromatic amines is 2. The Morgan fingerprint density at radius 1 is 1.17 bits per heavy atom. The summed E-state index contributed by atoms with van der Waals surface area (Å²) in [7, 11) is 2.17. The number of ether oxygens (including phenoxy) is 1. The summed E-state index contributed by atoms with van der Waals surface area (Å²) in [5, 5.41) is 15.9. The molecule has 8 nitrogen and oxygen atoms in total. The smallest absolute Gasteiger partial charge is 0.143 e. The van der Waals surface area contributed by atoms with Crippen molar-refractivity contribution in [2.75, 3.05) is 38.2 Å². The van der Waals surface area contributed by atoms with E-state index in [1.165, 1.54) is 5.69 Å². The molecule has 152 valence electrons. The molecule has 1 fully saturated rings. The van der Waals surface area contributed by atoms with Gasteiger partial charge in [-0.1, -0.05) is 6.07 Å². The second-order valence-electron chi connectivity index (χ2n) is 8.17. The molecule has 4 aromatic rings. The van der Waals surface area contributed by atoms with Crippen molar-refractivity contribution in [3.05, 3.63) is 42.4 Å². The minimum absolute atomic E-state index is 0.417. The highest BCUT2D eigenvalue weighted by Gasteiger charge is 2.32. The van der Waals surface area contributed by atoms with E-state index in [0.717, 1.165) is 71.1 Å². The minimum atomic E-state index is 0.417. The number of pyridine rings is 1. The van der Waals surface area contributed by atoms with Crippen molar-refractivity contribution in [1.82, 2.24) is 30.3 Å². The average molecular weight is 401 g/mol. The molecule has 2 N–H and O–H groups in total. The highest BCUT2D eigenvalue weighted by molar-refractivity contribution is 5.95. The van der Waals surface area contributed by atoms with Crippen molar-refractivity contribution >= 4 is 16.6 Å². The van der Waals surface area contributed by atoms with Gasteiger partial charge < -0.3 is 14.5 Å².